The van der Waals surface area contributed by atoms with Gasteiger partial charge in [0.2, 0.25) is 17.8 Å². The van der Waals surface area contributed by atoms with Crippen molar-refractivity contribution in [2.75, 3.05) is 0 Å². The van der Waals surface area contributed by atoms with E-state index in [0.717, 1.165) is 18.9 Å². The largest absolute Gasteiger partial charge is 0.444 e. The number of piperidine rings is 1. The van der Waals surface area contributed by atoms with Crippen LogP contribution in [0, 0.1) is 17.8 Å². The smallest absolute Gasteiger partial charge is 0.408 e. The summed E-state index contributed by atoms with van der Waals surface area (Å²) in [4.78, 5) is 59.3. The summed E-state index contributed by atoms with van der Waals surface area (Å²) in [6, 6.07) is 0.355. The molecule has 4 heterocycles. The normalized spacial score (nSPS) is 29.6. The number of fused-ring (bicyclic) bond motifs is 2. The number of alkyl carbamates (subject to hydrolysis) is 1. The molecule has 0 aliphatic carbocycles. The summed E-state index contributed by atoms with van der Waals surface area (Å²) >= 11 is 0. The van der Waals surface area contributed by atoms with Gasteiger partial charge in [-0.15, -0.1) is 0 Å². The highest BCUT2D eigenvalue weighted by atomic mass is 19.1. The second-order valence-corrected chi connectivity index (χ2v) is 11.9. The molecule has 3 aliphatic rings. The van der Waals surface area contributed by atoms with Crippen LogP contribution in [0.25, 0.3) is 0 Å². The van der Waals surface area contributed by atoms with E-state index >= 15 is 0 Å². The van der Waals surface area contributed by atoms with Crippen LogP contribution in [0.3, 0.4) is 0 Å². The first-order valence-electron chi connectivity index (χ1n) is 13.3. The molecule has 1 aromatic heterocycles. The van der Waals surface area contributed by atoms with Gasteiger partial charge in [0.15, 0.2) is 0 Å². The van der Waals surface area contributed by atoms with Crippen molar-refractivity contribution in [3.63, 3.8) is 0 Å². The highest BCUT2D eigenvalue weighted by molar-refractivity contribution is 5.95. The zero-order valence-electron chi connectivity index (χ0n) is 22.6. The Bertz CT molecular complexity index is 1090. The lowest BCUT2D eigenvalue weighted by atomic mass is 9.83. The number of hydrogen-bond acceptors (Lipinski definition) is 6. The summed E-state index contributed by atoms with van der Waals surface area (Å²) in [5, 5.41) is 2.80. The number of ether oxygens (including phenoxy) is 1. The van der Waals surface area contributed by atoms with Gasteiger partial charge in [-0.25, -0.2) is 9.78 Å². The molecule has 10 nitrogen and oxygen atoms in total. The maximum atomic E-state index is 14.0. The van der Waals surface area contributed by atoms with Crippen molar-refractivity contribution in [2.24, 2.45) is 17.6 Å². The minimum atomic E-state index is -0.946. The Balaban J connectivity index is 1.59. The second-order valence-electron chi connectivity index (χ2n) is 11.9. The number of primary amides is 1. The summed E-state index contributed by atoms with van der Waals surface area (Å²) < 4.78 is 19.2. The van der Waals surface area contributed by atoms with Gasteiger partial charge in [0.1, 0.15) is 17.7 Å². The highest BCUT2D eigenvalue weighted by Crippen LogP contribution is 2.42. The van der Waals surface area contributed by atoms with E-state index in [9.17, 15) is 23.6 Å². The lowest BCUT2D eigenvalue weighted by Crippen LogP contribution is -2.60. The van der Waals surface area contributed by atoms with Crippen LogP contribution in [-0.2, 0) is 14.3 Å². The van der Waals surface area contributed by atoms with Crippen LogP contribution in [0.5, 0.6) is 0 Å². The fourth-order valence-corrected chi connectivity index (χ4v) is 6.31. The molecule has 3 aliphatic heterocycles. The van der Waals surface area contributed by atoms with Crippen LogP contribution in [0.15, 0.2) is 18.3 Å². The van der Waals surface area contributed by atoms with E-state index < -0.39 is 35.6 Å². The molecule has 3 saturated heterocycles. The Hall–Kier alpha value is -3.24. The number of pyridine rings is 1. The molecule has 1 aromatic rings. The second kappa shape index (κ2) is 10.5. The number of halogens is 1. The van der Waals surface area contributed by atoms with Crippen molar-refractivity contribution in [2.45, 2.75) is 103 Å². The number of likely N-dealkylation sites (tertiary alicyclic amines) is 1. The molecule has 11 heteroatoms. The van der Waals surface area contributed by atoms with Gasteiger partial charge >= 0.3 is 6.09 Å². The maximum Gasteiger partial charge on any atom is 0.408 e. The van der Waals surface area contributed by atoms with E-state index in [2.05, 4.69) is 10.3 Å². The van der Waals surface area contributed by atoms with Gasteiger partial charge in [0, 0.05) is 36.0 Å². The maximum absolute atomic E-state index is 14.0. The lowest BCUT2D eigenvalue weighted by Gasteiger charge is -2.43. The molecule has 3 unspecified atom stereocenters. The average molecular weight is 532 g/mol. The van der Waals surface area contributed by atoms with E-state index in [-0.39, 0.29) is 47.3 Å². The molecule has 0 spiro atoms. The number of hydrogen-bond donors (Lipinski definition) is 2. The predicted molar refractivity (Wildman–Crippen MR) is 136 cm³/mol. The van der Waals surface area contributed by atoms with Gasteiger partial charge in [0.25, 0.3) is 5.91 Å². The van der Waals surface area contributed by atoms with Gasteiger partial charge in [0.05, 0.1) is 0 Å². The van der Waals surface area contributed by atoms with Crippen LogP contribution < -0.4 is 11.1 Å². The predicted octanol–water partition coefficient (Wildman–Crippen LogP) is 2.61. The number of rotatable bonds is 5. The van der Waals surface area contributed by atoms with Crippen LogP contribution in [0.1, 0.15) is 77.1 Å². The Morgan fingerprint density at radius 1 is 1.11 bits per heavy atom. The molecule has 6 atom stereocenters. The zero-order chi connectivity index (χ0) is 27.9. The third-order valence-electron chi connectivity index (χ3n) is 8.16. The molecule has 2 bridgehead atoms. The Morgan fingerprint density at radius 2 is 1.74 bits per heavy atom. The third kappa shape index (κ3) is 5.61. The quantitative estimate of drug-likeness (QED) is 0.561. The number of carbonyl (C=O) groups is 4. The SMILES string of the molecule is CC1[C@@H](C)C[C@@H](C(N)=O)N1C(=O)[C@@H](NC(=O)OC(C)(C)C)C1CC2CCC(C1)N2C(=O)c1ccnc(F)c1. The van der Waals surface area contributed by atoms with Gasteiger partial charge in [-0.3, -0.25) is 14.4 Å². The zero-order valence-corrected chi connectivity index (χ0v) is 22.6. The number of amides is 4. The van der Waals surface area contributed by atoms with Crippen LogP contribution >= 0.6 is 0 Å². The minimum absolute atomic E-state index is 0.0648. The number of aromatic nitrogens is 1. The van der Waals surface area contributed by atoms with Gasteiger partial charge in [-0.05, 0) is 77.7 Å². The number of carbonyl (C=O) groups excluding carboxylic acids is 4. The Morgan fingerprint density at radius 3 is 2.29 bits per heavy atom. The highest BCUT2D eigenvalue weighted by Gasteiger charge is 2.50. The summed E-state index contributed by atoms with van der Waals surface area (Å²) in [6.45, 7) is 9.07. The Kier molecular flexibility index (Phi) is 7.67. The molecular weight excluding hydrogens is 493 g/mol. The van der Waals surface area contributed by atoms with Crippen molar-refractivity contribution in [3.05, 3.63) is 29.8 Å². The number of nitrogens with two attached hydrogens (primary N) is 1. The first kappa shape index (κ1) is 27.8. The third-order valence-corrected chi connectivity index (χ3v) is 8.16. The fourth-order valence-electron chi connectivity index (χ4n) is 6.31. The molecule has 4 rings (SSSR count). The Labute approximate surface area is 222 Å². The minimum Gasteiger partial charge on any atom is -0.444 e. The summed E-state index contributed by atoms with van der Waals surface area (Å²) in [5.74, 6) is -2.15. The van der Waals surface area contributed by atoms with Crippen LogP contribution in [-0.4, -0.2) is 74.4 Å². The molecule has 0 radical (unpaired) electrons. The van der Waals surface area contributed by atoms with Crippen molar-refractivity contribution in [1.82, 2.24) is 20.1 Å². The van der Waals surface area contributed by atoms with Crippen molar-refractivity contribution in [1.29, 1.82) is 0 Å². The van der Waals surface area contributed by atoms with E-state index in [4.69, 9.17) is 10.5 Å². The van der Waals surface area contributed by atoms with Gasteiger partial charge < -0.3 is 25.6 Å². The van der Waals surface area contributed by atoms with E-state index in [1.54, 1.807) is 25.7 Å². The van der Waals surface area contributed by atoms with Crippen molar-refractivity contribution in [3.8, 4) is 0 Å². The van der Waals surface area contributed by atoms with E-state index in [0.29, 0.717) is 19.3 Å². The van der Waals surface area contributed by atoms with Crippen molar-refractivity contribution < 1.29 is 28.3 Å². The molecule has 0 aromatic carbocycles. The topological polar surface area (TPSA) is 135 Å². The molecule has 4 amide bonds. The van der Waals surface area contributed by atoms with Gasteiger partial charge in [-0.2, -0.15) is 4.39 Å². The summed E-state index contributed by atoms with van der Waals surface area (Å²) in [5.41, 5.74) is 5.13. The first-order valence-corrected chi connectivity index (χ1v) is 13.3. The van der Waals surface area contributed by atoms with Crippen molar-refractivity contribution >= 4 is 23.8 Å². The standard InChI is InChI=1S/C27H38FN5O5/c1-14-10-20(23(29)34)32(15(14)2)25(36)22(31-26(37)38-27(3,4)5)17-11-18-6-7-19(12-17)33(18)24(35)16-8-9-30-21(28)13-16/h8-9,13-15,17-20,22H,6-7,10-12H2,1-5H3,(H2,29,34)(H,31,37)/t14-,15?,17?,18?,19?,20-,22-/m0/s1. The van der Waals surface area contributed by atoms with Crippen LogP contribution in [0.2, 0.25) is 0 Å². The monoisotopic (exact) mass is 531 g/mol. The first-order chi connectivity index (χ1) is 17.8. The molecule has 3 N–H and O–H groups in total. The molecular formula is C27H38FN5O5. The molecule has 208 valence electrons. The molecule has 0 saturated carbocycles. The average Bonchev–Trinajstić information content (AvgIpc) is 3.27. The lowest BCUT2D eigenvalue weighted by molar-refractivity contribution is -0.142. The fraction of sp³-hybridized carbons (Fsp3) is 0.667. The number of nitrogens with zero attached hydrogens (tertiary/aromatic N) is 3. The van der Waals surface area contributed by atoms with E-state index in [1.807, 2.05) is 13.8 Å². The molecule has 38 heavy (non-hydrogen) atoms. The van der Waals surface area contributed by atoms with E-state index in [1.165, 1.54) is 17.2 Å². The number of nitrogens with one attached hydrogen (secondary N) is 1. The summed E-state index contributed by atoms with van der Waals surface area (Å²) in [6.07, 6.45) is 3.45. The molecule has 3 fully saturated rings. The van der Waals surface area contributed by atoms with Gasteiger partial charge in [-0.1, -0.05) is 6.92 Å². The summed E-state index contributed by atoms with van der Waals surface area (Å²) in [7, 11) is 0. The van der Waals surface area contributed by atoms with Crippen LogP contribution in [0.4, 0.5) is 9.18 Å².